The number of amides is 1. The molecule has 0 aromatic heterocycles. The molecule has 6 heteroatoms. The number of benzene rings is 3. The van der Waals surface area contributed by atoms with Gasteiger partial charge in [-0.25, -0.2) is 5.01 Å². The fourth-order valence-corrected chi connectivity index (χ4v) is 5.05. The minimum Gasteiger partial charge on any atom is -0.496 e. The lowest BCUT2D eigenvalue weighted by Gasteiger charge is -2.35. The summed E-state index contributed by atoms with van der Waals surface area (Å²) in [7, 11) is 1.67. The van der Waals surface area contributed by atoms with Gasteiger partial charge in [-0.1, -0.05) is 72.3 Å². The SMILES string of the molecule is COc1ccccc1C1=NN(C(=O)CN2CCN(Cc3ccccc3)CC2)[C@H](c2ccc(C)cc2)C1. The van der Waals surface area contributed by atoms with Crippen LogP contribution < -0.4 is 4.74 Å². The molecule has 1 fully saturated rings. The Morgan fingerprint density at radius 1 is 0.889 bits per heavy atom. The zero-order valence-corrected chi connectivity index (χ0v) is 21.1. The number of carbonyl (C=O) groups excluding carboxylic acids is 1. The van der Waals surface area contributed by atoms with E-state index in [1.165, 1.54) is 11.1 Å². The van der Waals surface area contributed by atoms with Gasteiger partial charge in [0.25, 0.3) is 5.91 Å². The lowest BCUT2D eigenvalue weighted by atomic mass is 9.97. The molecule has 0 radical (unpaired) electrons. The molecule has 0 aliphatic carbocycles. The Hall–Kier alpha value is -3.48. The summed E-state index contributed by atoms with van der Waals surface area (Å²) in [5.41, 5.74) is 5.48. The molecular weight excluding hydrogens is 448 g/mol. The molecule has 1 saturated heterocycles. The molecule has 2 aliphatic heterocycles. The Kier molecular flexibility index (Phi) is 7.44. The van der Waals surface area contributed by atoms with Gasteiger partial charge in [-0.15, -0.1) is 0 Å². The molecule has 0 N–H and O–H groups in total. The number of nitrogens with zero attached hydrogens (tertiary/aromatic N) is 4. The zero-order valence-electron chi connectivity index (χ0n) is 21.1. The van der Waals surface area contributed by atoms with Gasteiger partial charge >= 0.3 is 0 Å². The van der Waals surface area contributed by atoms with Crippen molar-refractivity contribution in [2.75, 3.05) is 39.8 Å². The van der Waals surface area contributed by atoms with Crippen LogP contribution in [-0.2, 0) is 11.3 Å². The van der Waals surface area contributed by atoms with Crippen LogP contribution in [0.4, 0.5) is 0 Å². The summed E-state index contributed by atoms with van der Waals surface area (Å²) < 4.78 is 5.59. The second kappa shape index (κ2) is 11.1. The first kappa shape index (κ1) is 24.2. The van der Waals surface area contributed by atoms with Gasteiger partial charge in [0, 0.05) is 44.7 Å². The Balaban J connectivity index is 1.29. The van der Waals surface area contributed by atoms with E-state index in [-0.39, 0.29) is 11.9 Å². The second-order valence-electron chi connectivity index (χ2n) is 9.65. The van der Waals surface area contributed by atoms with E-state index in [1.807, 2.05) is 24.3 Å². The number of carbonyl (C=O) groups is 1. The highest BCUT2D eigenvalue weighted by atomic mass is 16.5. The normalized spacial score (nSPS) is 18.8. The van der Waals surface area contributed by atoms with Gasteiger partial charge in [0.05, 0.1) is 25.4 Å². The molecular formula is C30H34N4O2. The van der Waals surface area contributed by atoms with Crippen LogP contribution in [0.2, 0.25) is 0 Å². The number of hydrazone groups is 1. The van der Waals surface area contributed by atoms with E-state index in [2.05, 4.69) is 71.3 Å². The number of piperazine rings is 1. The second-order valence-corrected chi connectivity index (χ2v) is 9.65. The van der Waals surface area contributed by atoms with E-state index in [9.17, 15) is 4.79 Å². The van der Waals surface area contributed by atoms with Crippen molar-refractivity contribution in [3.63, 3.8) is 0 Å². The van der Waals surface area contributed by atoms with E-state index < -0.39 is 0 Å². The molecule has 2 aliphatic rings. The van der Waals surface area contributed by atoms with E-state index >= 15 is 0 Å². The summed E-state index contributed by atoms with van der Waals surface area (Å²) >= 11 is 0. The Labute approximate surface area is 213 Å². The fourth-order valence-electron chi connectivity index (χ4n) is 5.05. The number of hydrogen-bond donors (Lipinski definition) is 0. The van der Waals surface area contributed by atoms with Crippen LogP contribution in [0.25, 0.3) is 0 Å². The summed E-state index contributed by atoms with van der Waals surface area (Å²) in [4.78, 5) is 18.3. The average molecular weight is 483 g/mol. The Bertz CT molecular complexity index is 1200. The maximum absolute atomic E-state index is 13.6. The van der Waals surface area contributed by atoms with Crippen molar-refractivity contribution in [1.29, 1.82) is 0 Å². The number of para-hydroxylation sites is 1. The predicted molar refractivity (Wildman–Crippen MR) is 143 cm³/mol. The van der Waals surface area contributed by atoms with Gasteiger partial charge in [0.1, 0.15) is 5.75 Å². The first-order chi connectivity index (χ1) is 17.6. The van der Waals surface area contributed by atoms with Crippen LogP contribution in [0.3, 0.4) is 0 Å². The number of ether oxygens (including phenoxy) is 1. The van der Waals surface area contributed by atoms with Gasteiger partial charge in [0.2, 0.25) is 0 Å². The maximum Gasteiger partial charge on any atom is 0.257 e. The quantitative estimate of drug-likeness (QED) is 0.498. The van der Waals surface area contributed by atoms with Crippen LogP contribution in [0.5, 0.6) is 5.75 Å². The molecule has 3 aromatic rings. The number of hydrogen-bond acceptors (Lipinski definition) is 5. The van der Waals surface area contributed by atoms with Crippen LogP contribution >= 0.6 is 0 Å². The van der Waals surface area contributed by atoms with Crippen molar-refractivity contribution in [1.82, 2.24) is 14.8 Å². The summed E-state index contributed by atoms with van der Waals surface area (Å²) in [6, 6.07) is 26.8. The minimum absolute atomic E-state index is 0.0435. The van der Waals surface area contributed by atoms with E-state index in [0.717, 1.165) is 55.3 Å². The van der Waals surface area contributed by atoms with Crippen molar-refractivity contribution in [2.45, 2.75) is 25.9 Å². The maximum atomic E-state index is 13.6. The summed E-state index contributed by atoms with van der Waals surface area (Å²) in [5.74, 6) is 0.824. The zero-order chi connectivity index (χ0) is 24.9. The third-order valence-corrected chi connectivity index (χ3v) is 7.12. The van der Waals surface area contributed by atoms with Gasteiger partial charge in [-0.3, -0.25) is 14.6 Å². The number of aryl methyl sites for hydroxylation is 1. The fraction of sp³-hybridized carbons (Fsp3) is 0.333. The van der Waals surface area contributed by atoms with E-state index in [0.29, 0.717) is 13.0 Å². The van der Waals surface area contributed by atoms with Crippen molar-refractivity contribution >= 4 is 11.6 Å². The average Bonchev–Trinajstić information content (AvgIpc) is 3.36. The molecule has 3 aromatic carbocycles. The smallest absolute Gasteiger partial charge is 0.257 e. The molecule has 0 bridgehead atoms. The molecule has 0 saturated carbocycles. The van der Waals surface area contributed by atoms with Crippen LogP contribution in [0.1, 0.15) is 34.7 Å². The van der Waals surface area contributed by atoms with E-state index in [4.69, 9.17) is 9.84 Å². The topological polar surface area (TPSA) is 48.4 Å². The first-order valence-corrected chi connectivity index (χ1v) is 12.7. The minimum atomic E-state index is -0.114. The summed E-state index contributed by atoms with van der Waals surface area (Å²) in [5, 5.41) is 6.58. The molecule has 6 nitrogen and oxygen atoms in total. The first-order valence-electron chi connectivity index (χ1n) is 12.7. The lowest BCUT2D eigenvalue weighted by molar-refractivity contribution is -0.134. The van der Waals surface area contributed by atoms with Crippen molar-refractivity contribution in [3.05, 3.63) is 101 Å². The van der Waals surface area contributed by atoms with Crippen LogP contribution in [0, 0.1) is 6.92 Å². The Morgan fingerprint density at radius 2 is 1.56 bits per heavy atom. The van der Waals surface area contributed by atoms with Gasteiger partial charge in [0.15, 0.2) is 0 Å². The van der Waals surface area contributed by atoms with Crippen molar-refractivity contribution in [3.8, 4) is 5.75 Å². The highest BCUT2D eigenvalue weighted by Crippen LogP contribution is 2.35. The third kappa shape index (κ3) is 5.50. The van der Waals surface area contributed by atoms with Crippen LogP contribution in [0.15, 0.2) is 84.0 Å². The van der Waals surface area contributed by atoms with Gasteiger partial charge in [-0.05, 0) is 30.2 Å². The van der Waals surface area contributed by atoms with Crippen molar-refractivity contribution in [2.24, 2.45) is 5.10 Å². The standard InChI is InChI=1S/C30H34N4O2/c1-23-12-14-25(15-13-23)28-20-27(26-10-6-7-11-29(26)36-2)31-34(28)30(35)22-33-18-16-32(17-19-33)21-24-8-4-3-5-9-24/h3-15,28H,16-22H2,1-2H3/t28-/m0/s1. The molecule has 186 valence electrons. The molecule has 5 rings (SSSR count). The highest BCUT2D eigenvalue weighted by Gasteiger charge is 2.35. The predicted octanol–water partition coefficient (Wildman–Crippen LogP) is 4.50. The number of rotatable bonds is 7. The monoisotopic (exact) mass is 482 g/mol. The highest BCUT2D eigenvalue weighted by molar-refractivity contribution is 6.05. The Morgan fingerprint density at radius 3 is 2.28 bits per heavy atom. The molecule has 1 atom stereocenters. The molecule has 36 heavy (non-hydrogen) atoms. The third-order valence-electron chi connectivity index (χ3n) is 7.12. The molecule has 0 spiro atoms. The summed E-state index contributed by atoms with van der Waals surface area (Å²) in [6.45, 7) is 7.09. The molecule has 0 unspecified atom stereocenters. The van der Waals surface area contributed by atoms with Gasteiger partial charge in [-0.2, -0.15) is 5.10 Å². The summed E-state index contributed by atoms with van der Waals surface area (Å²) in [6.07, 6.45) is 0.667. The van der Waals surface area contributed by atoms with Crippen LogP contribution in [-0.4, -0.2) is 66.3 Å². The number of methoxy groups -OCH3 is 1. The molecule has 2 heterocycles. The largest absolute Gasteiger partial charge is 0.496 e. The molecule has 1 amide bonds. The van der Waals surface area contributed by atoms with E-state index in [1.54, 1.807) is 12.1 Å². The van der Waals surface area contributed by atoms with Crippen molar-refractivity contribution < 1.29 is 9.53 Å². The lowest BCUT2D eigenvalue weighted by Crippen LogP contribution is -2.49. The van der Waals surface area contributed by atoms with Gasteiger partial charge < -0.3 is 4.74 Å².